The number of benzene rings is 1. The van der Waals surface area contributed by atoms with E-state index in [-0.39, 0.29) is 0 Å². The van der Waals surface area contributed by atoms with Gasteiger partial charge in [-0.05, 0) is 51.8 Å². The summed E-state index contributed by atoms with van der Waals surface area (Å²) < 4.78 is 5.70. The lowest BCUT2D eigenvalue weighted by atomic mass is 9.98. The molecule has 0 spiro atoms. The maximum atomic E-state index is 5.70. The van der Waals surface area contributed by atoms with Gasteiger partial charge < -0.3 is 9.73 Å². The second kappa shape index (κ2) is 6.76. The minimum Gasteiger partial charge on any atom is -0.466 e. The van der Waals surface area contributed by atoms with Crippen molar-refractivity contribution in [2.75, 3.05) is 6.54 Å². The fraction of sp³-hybridized carbons (Fsp3) is 0.444. The zero-order chi connectivity index (χ0) is 14.5. The molecule has 0 saturated carbocycles. The molecule has 0 aliphatic rings. The van der Waals surface area contributed by atoms with Gasteiger partial charge in [0.05, 0.1) is 0 Å². The van der Waals surface area contributed by atoms with E-state index in [1.807, 2.05) is 6.92 Å². The van der Waals surface area contributed by atoms with Crippen LogP contribution in [0.3, 0.4) is 0 Å². The van der Waals surface area contributed by atoms with Gasteiger partial charge in [-0.15, -0.1) is 0 Å². The molecule has 1 aromatic heterocycles. The van der Waals surface area contributed by atoms with Gasteiger partial charge in [0.2, 0.25) is 0 Å². The van der Waals surface area contributed by atoms with Crippen LogP contribution in [0.1, 0.15) is 47.6 Å². The molecule has 0 radical (unpaired) electrons. The van der Waals surface area contributed by atoms with E-state index >= 15 is 0 Å². The molecule has 1 aromatic carbocycles. The summed E-state index contributed by atoms with van der Waals surface area (Å²) in [5.74, 6) is 2.02. The standard InChI is InChI=1S/C18H25NO/c1-5-9-19-18(17-11-14(3)20-15(17)4)12-16-8-6-7-13(2)10-16/h6-8,10-11,18-19H,5,9,12H2,1-4H3. The van der Waals surface area contributed by atoms with Crippen molar-refractivity contribution in [2.45, 2.75) is 46.6 Å². The van der Waals surface area contributed by atoms with Crippen molar-refractivity contribution in [3.05, 3.63) is 58.5 Å². The Labute approximate surface area is 122 Å². The van der Waals surface area contributed by atoms with Gasteiger partial charge in [0, 0.05) is 11.6 Å². The largest absolute Gasteiger partial charge is 0.466 e. The van der Waals surface area contributed by atoms with E-state index in [1.165, 1.54) is 16.7 Å². The summed E-state index contributed by atoms with van der Waals surface area (Å²) in [6.45, 7) is 9.44. The highest BCUT2D eigenvalue weighted by Gasteiger charge is 2.17. The van der Waals surface area contributed by atoms with Crippen LogP contribution in [0.15, 0.2) is 34.7 Å². The molecule has 1 unspecified atom stereocenters. The molecule has 2 heteroatoms. The van der Waals surface area contributed by atoms with Crippen LogP contribution in [0.25, 0.3) is 0 Å². The Balaban J connectivity index is 2.21. The fourth-order valence-corrected chi connectivity index (χ4v) is 2.68. The number of hydrogen-bond acceptors (Lipinski definition) is 2. The molecule has 2 rings (SSSR count). The van der Waals surface area contributed by atoms with E-state index in [0.29, 0.717) is 6.04 Å². The molecule has 20 heavy (non-hydrogen) atoms. The van der Waals surface area contributed by atoms with E-state index in [0.717, 1.165) is 30.9 Å². The third-order valence-corrected chi connectivity index (χ3v) is 3.62. The topological polar surface area (TPSA) is 25.2 Å². The van der Waals surface area contributed by atoms with E-state index in [4.69, 9.17) is 4.42 Å². The molecule has 1 atom stereocenters. The number of nitrogens with one attached hydrogen (secondary N) is 1. The highest BCUT2D eigenvalue weighted by atomic mass is 16.3. The number of hydrogen-bond donors (Lipinski definition) is 1. The van der Waals surface area contributed by atoms with Crippen molar-refractivity contribution in [3.63, 3.8) is 0 Å². The second-order valence-corrected chi connectivity index (χ2v) is 5.57. The lowest BCUT2D eigenvalue weighted by Crippen LogP contribution is -2.24. The monoisotopic (exact) mass is 271 g/mol. The van der Waals surface area contributed by atoms with E-state index < -0.39 is 0 Å². The van der Waals surface area contributed by atoms with Gasteiger partial charge in [-0.25, -0.2) is 0 Å². The molecule has 2 aromatic rings. The van der Waals surface area contributed by atoms with Crippen molar-refractivity contribution >= 4 is 0 Å². The maximum Gasteiger partial charge on any atom is 0.105 e. The molecular formula is C18H25NO. The maximum absolute atomic E-state index is 5.70. The van der Waals surface area contributed by atoms with Crippen molar-refractivity contribution in [1.82, 2.24) is 5.32 Å². The van der Waals surface area contributed by atoms with Crippen LogP contribution in [0, 0.1) is 20.8 Å². The molecule has 0 saturated heterocycles. The predicted molar refractivity (Wildman–Crippen MR) is 84.1 cm³/mol. The van der Waals surface area contributed by atoms with Gasteiger partial charge in [-0.1, -0.05) is 36.8 Å². The number of aryl methyl sites for hydroxylation is 3. The van der Waals surface area contributed by atoms with Crippen molar-refractivity contribution in [2.24, 2.45) is 0 Å². The number of rotatable bonds is 6. The highest BCUT2D eigenvalue weighted by molar-refractivity contribution is 5.29. The first-order chi connectivity index (χ1) is 9.60. The van der Waals surface area contributed by atoms with Gasteiger partial charge in [0.1, 0.15) is 11.5 Å². The summed E-state index contributed by atoms with van der Waals surface area (Å²) in [6, 6.07) is 11.2. The first kappa shape index (κ1) is 14.9. The Morgan fingerprint density at radius 3 is 2.55 bits per heavy atom. The lowest BCUT2D eigenvalue weighted by Gasteiger charge is -2.18. The molecule has 2 nitrogen and oxygen atoms in total. The number of furan rings is 1. The zero-order valence-electron chi connectivity index (χ0n) is 13.0. The Morgan fingerprint density at radius 2 is 1.95 bits per heavy atom. The first-order valence-electron chi connectivity index (χ1n) is 7.46. The molecule has 0 bridgehead atoms. The van der Waals surface area contributed by atoms with E-state index in [9.17, 15) is 0 Å². The van der Waals surface area contributed by atoms with Crippen LogP contribution in [0.2, 0.25) is 0 Å². The third kappa shape index (κ3) is 3.73. The summed E-state index contributed by atoms with van der Waals surface area (Å²) in [7, 11) is 0. The predicted octanol–water partition coefficient (Wildman–Crippen LogP) is 4.49. The Hall–Kier alpha value is -1.54. The first-order valence-corrected chi connectivity index (χ1v) is 7.46. The summed E-state index contributed by atoms with van der Waals surface area (Å²) in [4.78, 5) is 0. The van der Waals surface area contributed by atoms with Crippen LogP contribution >= 0.6 is 0 Å². The highest BCUT2D eigenvalue weighted by Crippen LogP contribution is 2.25. The van der Waals surface area contributed by atoms with Gasteiger partial charge in [-0.2, -0.15) is 0 Å². The average Bonchev–Trinajstić information content (AvgIpc) is 2.73. The summed E-state index contributed by atoms with van der Waals surface area (Å²) >= 11 is 0. The van der Waals surface area contributed by atoms with Crippen LogP contribution in [-0.2, 0) is 6.42 Å². The van der Waals surface area contributed by atoms with Gasteiger partial charge in [-0.3, -0.25) is 0 Å². The molecule has 108 valence electrons. The molecule has 1 heterocycles. The van der Waals surface area contributed by atoms with Crippen LogP contribution in [0.4, 0.5) is 0 Å². The minimum atomic E-state index is 0.328. The van der Waals surface area contributed by atoms with Crippen LogP contribution in [-0.4, -0.2) is 6.54 Å². The molecule has 0 aliphatic carbocycles. The van der Waals surface area contributed by atoms with Gasteiger partial charge >= 0.3 is 0 Å². The Bertz CT molecular complexity index is 556. The van der Waals surface area contributed by atoms with Crippen LogP contribution in [0.5, 0.6) is 0 Å². The fourth-order valence-electron chi connectivity index (χ4n) is 2.68. The summed E-state index contributed by atoms with van der Waals surface area (Å²) in [5.41, 5.74) is 3.98. The lowest BCUT2D eigenvalue weighted by molar-refractivity contribution is 0.480. The summed E-state index contributed by atoms with van der Waals surface area (Å²) in [6.07, 6.45) is 2.14. The Kier molecular flexibility index (Phi) is 5.02. The molecule has 0 amide bonds. The van der Waals surface area contributed by atoms with Crippen molar-refractivity contribution in [1.29, 1.82) is 0 Å². The van der Waals surface area contributed by atoms with E-state index in [2.05, 4.69) is 56.4 Å². The quantitative estimate of drug-likeness (QED) is 0.837. The van der Waals surface area contributed by atoms with Crippen molar-refractivity contribution < 1.29 is 4.42 Å². The molecular weight excluding hydrogens is 246 g/mol. The summed E-state index contributed by atoms with van der Waals surface area (Å²) in [5, 5.41) is 3.65. The van der Waals surface area contributed by atoms with E-state index in [1.54, 1.807) is 0 Å². The zero-order valence-corrected chi connectivity index (χ0v) is 13.0. The van der Waals surface area contributed by atoms with Crippen LogP contribution < -0.4 is 5.32 Å². The normalized spacial score (nSPS) is 12.6. The minimum absolute atomic E-state index is 0.328. The van der Waals surface area contributed by atoms with Gasteiger partial charge in [0.25, 0.3) is 0 Å². The molecule has 1 N–H and O–H groups in total. The third-order valence-electron chi connectivity index (χ3n) is 3.62. The van der Waals surface area contributed by atoms with Gasteiger partial charge in [0.15, 0.2) is 0 Å². The Morgan fingerprint density at radius 1 is 1.15 bits per heavy atom. The molecule has 0 aliphatic heterocycles. The smallest absolute Gasteiger partial charge is 0.105 e. The second-order valence-electron chi connectivity index (χ2n) is 5.57. The SMILES string of the molecule is CCCNC(Cc1cccc(C)c1)c1cc(C)oc1C. The van der Waals surface area contributed by atoms with Crippen molar-refractivity contribution in [3.8, 4) is 0 Å². The molecule has 0 fully saturated rings. The average molecular weight is 271 g/mol.